The van der Waals surface area contributed by atoms with E-state index in [1.807, 2.05) is 115 Å². The topological polar surface area (TPSA) is 75.9 Å². The van der Waals surface area contributed by atoms with E-state index in [0.29, 0.717) is 5.95 Å². The number of aryl methyl sites for hydroxylation is 2. The van der Waals surface area contributed by atoms with E-state index in [1.165, 1.54) is 0 Å². The Hall–Kier alpha value is -6.65. The molecule has 298 valence electrons. The van der Waals surface area contributed by atoms with Crippen LogP contribution in [0.5, 0.6) is 0 Å². The summed E-state index contributed by atoms with van der Waals surface area (Å²) in [7, 11) is 0. The molecule has 4 aromatic heterocycles. The Kier molecular flexibility index (Phi) is 12.1. The molecular weight excluding hydrogens is 937 g/mol. The third-order valence-corrected chi connectivity index (χ3v) is 10.3. The van der Waals surface area contributed by atoms with Gasteiger partial charge in [-0.05, 0) is 73.0 Å². The van der Waals surface area contributed by atoms with E-state index in [1.54, 1.807) is 12.4 Å². The number of hydrogen-bond acceptors (Lipinski definition) is 7. The molecule has 0 aliphatic rings. The Labute approximate surface area is 381 Å². The Morgan fingerprint density at radius 3 is 1.33 bits per heavy atom. The predicted octanol–water partition coefficient (Wildman–Crippen LogP) is 11.8. The Balaban J connectivity index is 0.00000257. The molecule has 0 bridgehead atoms. The first kappa shape index (κ1) is 41.1. The van der Waals surface area contributed by atoms with E-state index in [2.05, 4.69) is 115 Å². The number of pyridine rings is 2. The van der Waals surface area contributed by atoms with Gasteiger partial charge in [0, 0.05) is 23.8 Å². The van der Waals surface area contributed by atoms with Crippen LogP contribution in [-0.2, 0) is 40.8 Å². The number of nitrogens with zero attached hydrogens (tertiary/aromatic N) is 8. The third-order valence-electron chi connectivity index (χ3n) is 10.3. The molecule has 0 atom stereocenters. The first-order chi connectivity index (χ1) is 29.1. The molecule has 8 nitrogen and oxygen atoms in total. The van der Waals surface area contributed by atoms with Crippen LogP contribution in [0, 0.1) is 38.1 Å². The maximum atomic E-state index is 4.98. The van der Waals surface area contributed by atoms with Crippen LogP contribution in [0.4, 0.5) is 34.1 Å². The van der Waals surface area contributed by atoms with Crippen molar-refractivity contribution in [2.75, 3.05) is 9.80 Å². The quantitative estimate of drug-likeness (QED) is 0.105. The van der Waals surface area contributed by atoms with Gasteiger partial charge in [-0.25, -0.2) is 4.98 Å². The smallest absolute Gasteiger partial charge is 0.352 e. The number of aromatic nitrogens is 6. The zero-order valence-electron chi connectivity index (χ0n) is 32.9. The molecule has 10 aromatic rings. The van der Waals surface area contributed by atoms with E-state index in [0.717, 1.165) is 89.8 Å². The van der Waals surface area contributed by atoms with Gasteiger partial charge in [-0.1, -0.05) is 83.1 Å². The fraction of sp³-hybridized carbons (Fsp3) is 0.0392. The first-order valence-electron chi connectivity index (χ1n) is 19.3. The number of rotatable bonds is 9. The van der Waals surface area contributed by atoms with Crippen LogP contribution >= 0.6 is 0 Å². The number of hydrogen-bond donors (Lipinski definition) is 0. The SMILES string of the molecule is Cc1nnc(-n2c3[c-]c(N(c4[c-]c(-c5ccccn5)ccc4)c4ccccc4)ccc3c3ccc(N(c4[c-]c(-c5ccccn5)ccc4)c4ccccc4)[c-]c32)nc1C.[Pd+2].[Pd+2]. The molecule has 10 rings (SSSR count). The van der Waals surface area contributed by atoms with Gasteiger partial charge < -0.3 is 24.3 Å². The fourth-order valence-corrected chi connectivity index (χ4v) is 7.33. The maximum Gasteiger partial charge on any atom is 2.00 e. The van der Waals surface area contributed by atoms with Gasteiger partial charge in [0.15, 0.2) is 0 Å². The molecule has 0 spiro atoms. The van der Waals surface area contributed by atoms with Crippen LogP contribution in [0.1, 0.15) is 11.4 Å². The number of anilines is 6. The Morgan fingerprint density at radius 2 is 0.885 bits per heavy atom. The van der Waals surface area contributed by atoms with Crippen molar-refractivity contribution in [1.29, 1.82) is 0 Å². The van der Waals surface area contributed by atoms with Gasteiger partial charge in [0.05, 0.1) is 11.4 Å². The van der Waals surface area contributed by atoms with Gasteiger partial charge in [-0.3, -0.25) is 0 Å². The van der Waals surface area contributed by atoms with E-state index in [9.17, 15) is 0 Å². The summed E-state index contributed by atoms with van der Waals surface area (Å²) in [6, 6.07) is 67.9. The number of para-hydroxylation sites is 2. The molecule has 0 saturated carbocycles. The zero-order chi connectivity index (χ0) is 39.7. The van der Waals surface area contributed by atoms with Gasteiger partial charge in [-0.15, -0.1) is 89.0 Å². The van der Waals surface area contributed by atoms with Crippen molar-refractivity contribution in [1.82, 2.24) is 29.7 Å². The zero-order valence-corrected chi connectivity index (χ0v) is 36.0. The summed E-state index contributed by atoms with van der Waals surface area (Å²) >= 11 is 0. The van der Waals surface area contributed by atoms with Crippen LogP contribution in [0.3, 0.4) is 0 Å². The second kappa shape index (κ2) is 17.9. The second-order valence-corrected chi connectivity index (χ2v) is 14.0. The van der Waals surface area contributed by atoms with Crippen LogP contribution in [0.2, 0.25) is 0 Å². The largest absolute Gasteiger partial charge is 2.00 e. The second-order valence-electron chi connectivity index (χ2n) is 14.0. The monoisotopic (exact) mass is 970 g/mol. The fourth-order valence-electron chi connectivity index (χ4n) is 7.33. The molecular formula is C51H34N8Pd2. The minimum Gasteiger partial charge on any atom is -0.352 e. The van der Waals surface area contributed by atoms with Crippen molar-refractivity contribution in [3.63, 3.8) is 0 Å². The van der Waals surface area contributed by atoms with Gasteiger partial charge in [0.2, 0.25) is 0 Å². The molecule has 61 heavy (non-hydrogen) atoms. The molecule has 0 aliphatic heterocycles. The van der Waals surface area contributed by atoms with Gasteiger partial charge in [0.25, 0.3) is 5.95 Å². The van der Waals surface area contributed by atoms with Crippen LogP contribution in [0.15, 0.2) is 170 Å². The average Bonchev–Trinajstić information content (AvgIpc) is 3.62. The first-order valence-corrected chi connectivity index (χ1v) is 19.3. The van der Waals surface area contributed by atoms with Crippen molar-refractivity contribution < 1.29 is 40.8 Å². The standard InChI is InChI=1S/C51H34N8.2Pd/c1-35-36(2)55-56-51(54-35)59-49-33-43(57(39-17-5-3-6-18-39)41-21-13-15-37(31-41)47-23-9-11-29-52-47)25-27-45(49)46-28-26-44(34-50(46)59)58(40-19-7-4-8-20-40)42-22-14-16-38(32-42)48-24-10-12-30-53-48;;/h3-30H,1-2H3;;/q-4;2*+2. The maximum absolute atomic E-state index is 4.98. The van der Waals surface area contributed by atoms with Crippen molar-refractivity contribution in [3.8, 4) is 28.5 Å². The van der Waals surface area contributed by atoms with E-state index >= 15 is 0 Å². The van der Waals surface area contributed by atoms with Gasteiger partial charge >= 0.3 is 40.8 Å². The van der Waals surface area contributed by atoms with Crippen LogP contribution in [0.25, 0.3) is 50.3 Å². The Morgan fingerprint density at radius 1 is 0.426 bits per heavy atom. The number of benzene rings is 6. The summed E-state index contributed by atoms with van der Waals surface area (Å²) in [6.45, 7) is 3.87. The minimum absolute atomic E-state index is 0. The summed E-state index contributed by atoms with van der Waals surface area (Å²) in [4.78, 5) is 18.5. The summed E-state index contributed by atoms with van der Waals surface area (Å²) < 4.78 is 2.02. The molecule has 0 unspecified atom stereocenters. The van der Waals surface area contributed by atoms with Crippen LogP contribution in [-0.4, -0.2) is 29.7 Å². The third kappa shape index (κ3) is 8.03. The number of fused-ring (bicyclic) bond motifs is 3. The van der Waals surface area contributed by atoms with Crippen molar-refractivity contribution in [2.45, 2.75) is 13.8 Å². The molecule has 0 radical (unpaired) electrons. The van der Waals surface area contributed by atoms with Crippen molar-refractivity contribution in [2.24, 2.45) is 0 Å². The van der Waals surface area contributed by atoms with Gasteiger partial charge in [0.1, 0.15) is 0 Å². The molecule has 4 heterocycles. The van der Waals surface area contributed by atoms with Crippen molar-refractivity contribution >= 4 is 55.9 Å². The van der Waals surface area contributed by atoms with E-state index in [-0.39, 0.29) is 40.8 Å². The molecule has 10 heteroatoms. The van der Waals surface area contributed by atoms with E-state index in [4.69, 9.17) is 4.98 Å². The van der Waals surface area contributed by atoms with Gasteiger partial charge in [-0.2, -0.15) is 28.0 Å². The summed E-state index contributed by atoms with van der Waals surface area (Å²) in [5, 5.41) is 11.1. The Bertz CT molecular complexity index is 2910. The molecule has 6 aromatic carbocycles. The summed E-state index contributed by atoms with van der Waals surface area (Å²) in [5.74, 6) is 0.430. The molecule has 0 saturated heterocycles. The summed E-state index contributed by atoms with van der Waals surface area (Å²) in [5.41, 5.74) is 11.8. The minimum atomic E-state index is 0. The van der Waals surface area contributed by atoms with E-state index < -0.39 is 0 Å². The molecule has 0 fully saturated rings. The summed E-state index contributed by atoms with van der Waals surface area (Å²) in [6.07, 6.45) is 3.60. The van der Waals surface area contributed by atoms with Crippen molar-refractivity contribution in [3.05, 3.63) is 206 Å². The molecule has 0 N–H and O–H groups in total. The normalized spacial score (nSPS) is 10.9. The van der Waals surface area contributed by atoms with Crippen LogP contribution < -0.4 is 9.80 Å². The molecule has 0 aliphatic carbocycles. The molecule has 0 amide bonds. The average molecular weight is 972 g/mol. The predicted molar refractivity (Wildman–Crippen MR) is 235 cm³/mol.